The number of amides is 1. The molecule has 0 saturated heterocycles. The molecule has 4 nitrogen and oxygen atoms in total. The van der Waals surface area contributed by atoms with Gasteiger partial charge in [-0.3, -0.25) is 4.79 Å². The summed E-state index contributed by atoms with van der Waals surface area (Å²) in [6, 6.07) is 4.58. The molecule has 0 atom stereocenters. The minimum Gasteiger partial charge on any atom is -0.494 e. The maximum atomic E-state index is 13.4. The Morgan fingerprint density at radius 1 is 1.50 bits per heavy atom. The van der Waals surface area contributed by atoms with Gasteiger partial charge in [-0.25, -0.2) is 4.39 Å². The fraction of sp³-hybridized carbons (Fsp3) is 0.462. The average Bonchev–Trinajstić information content (AvgIpc) is 2.36. The molecule has 18 heavy (non-hydrogen) atoms. The van der Waals surface area contributed by atoms with Gasteiger partial charge in [0, 0.05) is 13.1 Å². The lowest BCUT2D eigenvalue weighted by atomic mass is 9.92. The van der Waals surface area contributed by atoms with Crippen LogP contribution < -0.4 is 15.8 Å². The lowest BCUT2D eigenvalue weighted by Crippen LogP contribution is -2.41. The Morgan fingerprint density at radius 2 is 2.17 bits per heavy atom. The van der Waals surface area contributed by atoms with Crippen molar-refractivity contribution in [3.63, 3.8) is 0 Å². The summed E-state index contributed by atoms with van der Waals surface area (Å²) < 4.78 is 18.2. The summed E-state index contributed by atoms with van der Waals surface area (Å²) >= 11 is 0. The number of nitrogens with one attached hydrogen (secondary N) is 1. The molecule has 0 aliphatic heterocycles. The number of rotatable bonds is 5. The highest BCUT2D eigenvalue weighted by Gasteiger charge is 2.25. The van der Waals surface area contributed by atoms with Gasteiger partial charge in [-0.15, -0.1) is 0 Å². The van der Waals surface area contributed by atoms with E-state index in [0.29, 0.717) is 5.56 Å². The number of nitrogens with two attached hydrogens (primary N) is 1. The predicted octanol–water partition coefficient (Wildman–Crippen LogP) is 1.44. The van der Waals surface area contributed by atoms with Crippen molar-refractivity contribution in [1.82, 2.24) is 5.32 Å². The molecule has 3 N–H and O–H groups in total. The summed E-state index contributed by atoms with van der Waals surface area (Å²) in [5.41, 5.74) is 5.56. The van der Waals surface area contributed by atoms with Crippen molar-refractivity contribution in [1.29, 1.82) is 0 Å². The smallest absolute Gasteiger partial charge is 0.227 e. The number of halogens is 1. The zero-order valence-electron chi connectivity index (χ0n) is 10.9. The van der Waals surface area contributed by atoms with Gasteiger partial charge in [0.25, 0.3) is 0 Å². The second kappa shape index (κ2) is 5.82. The van der Waals surface area contributed by atoms with Crippen molar-refractivity contribution < 1.29 is 13.9 Å². The summed E-state index contributed by atoms with van der Waals surface area (Å²) in [5.74, 6) is -0.407. The topological polar surface area (TPSA) is 64.3 Å². The fourth-order valence-corrected chi connectivity index (χ4v) is 1.33. The van der Waals surface area contributed by atoms with Crippen LogP contribution in [0.3, 0.4) is 0 Å². The summed E-state index contributed by atoms with van der Waals surface area (Å²) in [7, 11) is 1.41. The largest absolute Gasteiger partial charge is 0.494 e. The molecular weight excluding hydrogens is 235 g/mol. The summed E-state index contributed by atoms with van der Waals surface area (Å²) in [4.78, 5) is 11.8. The van der Waals surface area contributed by atoms with E-state index in [1.54, 1.807) is 19.9 Å². The van der Waals surface area contributed by atoms with Gasteiger partial charge < -0.3 is 15.8 Å². The Hall–Kier alpha value is -1.62. The Bertz CT molecular complexity index is 433. The second-order valence-electron chi connectivity index (χ2n) is 4.74. The van der Waals surface area contributed by atoms with Crippen LogP contribution in [0.25, 0.3) is 0 Å². The molecule has 1 aromatic carbocycles. The molecule has 0 aliphatic rings. The average molecular weight is 254 g/mol. The second-order valence-corrected chi connectivity index (χ2v) is 4.74. The molecule has 1 aromatic rings. The van der Waals surface area contributed by atoms with E-state index in [1.807, 2.05) is 0 Å². The first-order valence-corrected chi connectivity index (χ1v) is 5.71. The van der Waals surface area contributed by atoms with Crippen molar-refractivity contribution >= 4 is 5.91 Å². The van der Waals surface area contributed by atoms with E-state index in [1.165, 1.54) is 19.2 Å². The molecule has 0 spiro atoms. The molecule has 1 amide bonds. The highest BCUT2D eigenvalue weighted by Crippen LogP contribution is 2.18. The van der Waals surface area contributed by atoms with Gasteiger partial charge in [0.05, 0.1) is 12.5 Å². The van der Waals surface area contributed by atoms with E-state index in [-0.39, 0.29) is 24.7 Å². The van der Waals surface area contributed by atoms with Crippen LogP contribution in [0, 0.1) is 11.2 Å². The maximum Gasteiger partial charge on any atom is 0.227 e. The van der Waals surface area contributed by atoms with E-state index in [4.69, 9.17) is 10.5 Å². The van der Waals surface area contributed by atoms with Crippen molar-refractivity contribution in [2.75, 3.05) is 13.7 Å². The van der Waals surface area contributed by atoms with Gasteiger partial charge in [0.1, 0.15) is 0 Å². The van der Waals surface area contributed by atoms with Gasteiger partial charge in [0.15, 0.2) is 11.6 Å². The third kappa shape index (κ3) is 3.43. The number of carbonyl (C=O) groups excluding carboxylic acids is 1. The zero-order valence-corrected chi connectivity index (χ0v) is 10.9. The van der Waals surface area contributed by atoms with Crippen LogP contribution in [-0.4, -0.2) is 19.6 Å². The summed E-state index contributed by atoms with van der Waals surface area (Å²) in [5, 5.41) is 2.73. The number of ether oxygens (including phenoxy) is 1. The van der Waals surface area contributed by atoms with Crippen molar-refractivity contribution in [3.8, 4) is 5.75 Å². The van der Waals surface area contributed by atoms with E-state index >= 15 is 0 Å². The normalized spacial score (nSPS) is 11.2. The molecule has 0 aliphatic carbocycles. The third-order valence-corrected chi connectivity index (χ3v) is 2.79. The van der Waals surface area contributed by atoms with Crippen LogP contribution in [0.1, 0.15) is 19.4 Å². The molecular formula is C13H19FN2O2. The van der Waals surface area contributed by atoms with E-state index in [2.05, 4.69) is 5.32 Å². The fourth-order valence-electron chi connectivity index (χ4n) is 1.33. The first kappa shape index (κ1) is 14.4. The monoisotopic (exact) mass is 254 g/mol. The third-order valence-electron chi connectivity index (χ3n) is 2.79. The minimum atomic E-state index is -0.620. The van der Waals surface area contributed by atoms with E-state index in [0.717, 1.165) is 0 Å². The van der Waals surface area contributed by atoms with Gasteiger partial charge in [-0.1, -0.05) is 6.07 Å². The Balaban J connectivity index is 2.64. The van der Waals surface area contributed by atoms with Gasteiger partial charge in [-0.2, -0.15) is 0 Å². The Labute approximate surface area is 106 Å². The molecule has 1 rings (SSSR count). The molecule has 0 heterocycles. The van der Waals surface area contributed by atoms with Gasteiger partial charge in [0.2, 0.25) is 5.91 Å². The lowest BCUT2D eigenvalue weighted by Gasteiger charge is -2.21. The molecule has 0 radical (unpaired) electrons. The molecule has 0 bridgehead atoms. The number of carbonyl (C=O) groups is 1. The van der Waals surface area contributed by atoms with Crippen LogP contribution in [0.15, 0.2) is 18.2 Å². The van der Waals surface area contributed by atoms with Crippen molar-refractivity contribution in [3.05, 3.63) is 29.6 Å². The molecule has 0 fully saturated rings. The van der Waals surface area contributed by atoms with Crippen molar-refractivity contribution in [2.24, 2.45) is 11.1 Å². The number of benzene rings is 1. The zero-order chi connectivity index (χ0) is 13.8. The van der Waals surface area contributed by atoms with Crippen LogP contribution in [0.5, 0.6) is 5.75 Å². The molecule has 100 valence electrons. The molecule has 0 aromatic heterocycles. The summed E-state index contributed by atoms with van der Waals surface area (Å²) in [6.45, 7) is 4.05. The van der Waals surface area contributed by atoms with Crippen molar-refractivity contribution in [2.45, 2.75) is 20.4 Å². The van der Waals surface area contributed by atoms with Crippen LogP contribution in [0.4, 0.5) is 4.39 Å². The molecule has 0 unspecified atom stereocenters. The molecule has 5 heteroatoms. The summed E-state index contributed by atoms with van der Waals surface area (Å²) in [6.07, 6.45) is 0. The first-order valence-electron chi connectivity index (χ1n) is 5.71. The quantitative estimate of drug-likeness (QED) is 0.835. The van der Waals surface area contributed by atoms with E-state index < -0.39 is 11.2 Å². The maximum absolute atomic E-state index is 13.4. The van der Waals surface area contributed by atoms with Crippen LogP contribution >= 0.6 is 0 Å². The Morgan fingerprint density at radius 3 is 2.67 bits per heavy atom. The number of methoxy groups -OCH3 is 1. The minimum absolute atomic E-state index is 0.152. The standard InChI is InChI=1S/C13H19FN2O2/c1-13(2,8-15)12(17)16-7-9-4-5-11(18-3)10(14)6-9/h4-6H,7-8,15H2,1-3H3,(H,16,17). The first-order chi connectivity index (χ1) is 8.40. The SMILES string of the molecule is COc1ccc(CNC(=O)C(C)(C)CN)cc1F. The van der Waals surface area contributed by atoms with E-state index in [9.17, 15) is 9.18 Å². The number of hydrogen-bond acceptors (Lipinski definition) is 3. The number of hydrogen-bond donors (Lipinski definition) is 2. The van der Waals surface area contributed by atoms with Crippen LogP contribution in [0.2, 0.25) is 0 Å². The lowest BCUT2D eigenvalue weighted by molar-refractivity contribution is -0.129. The van der Waals surface area contributed by atoms with Gasteiger partial charge >= 0.3 is 0 Å². The highest BCUT2D eigenvalue weighted by atomic mass is 19.1. The predicted molar refractivity (Wildman–Crippen MR) is 67.6 cm³/mol. The van der Waals surface area contributed by atoms with Crippen LogP contribution in [-0.2, 0) is 11.3 Å². The van der Waals surface area contributed by atoms with Gasteiger partial charge in [-0.05, 0) is 31.5 Å². The molecule has 0 saturated carbocycles. The Kier molecular flexibility index (Phi) is 4.67. The highest BCUT2D eigenvalue weighted by molar-refractivity contribution is 5.82.